The highest BCUT2D eigenvalue weighted by atomic mass is 19.4. The van der Waals surface area contributed by atoms with Gasteiger partial charge in [0.15, 0.2) is 0 Å². The lowest BCUT2D eigenvalue weighted by Crippen LogP contribution is -2.21. The maximum atomic E-state index is 12.1. The fourth-order valence-corrected chi connectivity index (χ4v) is 2.53. The molecule has 0 saturated heterocycles. The Morgan fingerprint density at radius 2 is 2.00 bits per heavy atom. The van der Waals surface area contributed by atoms with Crippen LogP contribution in [-0.2, 0) is 0 Å². The minimum atomic E-state index is -4.10. The van der Waals surface area contributed by atoms with Crippen LogP contribution >= 0.6 is 0 Å². The highest BCUT2D eigenvalue weighted by molar-refractivity contribution is 5.84. The Bertz CT molecular complexity index is 318. The van der Waals surface area contributed by atoms with Crippen molar-refractivity contribution in [2.45, 2.75) is 51.1 Å². The van der Waals surface area contributed by atoms with Crippen molar-refractivity contribution in [1.29, 1.82) is 5.26 Å². The molecule has 0 bridgehead atoms. The van der Waals surface area contributed by atoms with Gasteiger partial charge in [0.25, 0.3) is 0 Å². The Labute approximate surface area is 106 Å². The summed E-state index contributed by atoms with van der Waals surface area (Å²) in [5.74, 6) is 0.0134. The molecule has 102 valence electrons. The Morgan fingerprint density at radius 1 is 1.39 bits per heavy atom. The normalized spacial score (nSPS) is 22.4. The first-order valence-corrected chi connectivity index (χ1v) is 6.37. The van der Waals surface area contributed by atoms with Crippen LogP contribution in [0.4, 0.5) is 13.2 Å². The van der Waals surface area contributed by atoms with E-state index in [4.69, 9.17) is 5.26 Å². The predicted octanol–water partition coefficient (Wildman–Crippen LogP) is 4.12. The van der Waals surface area contributed by atoms with Gasteiger partial charge in [0.2, 0.25) is 0 Å². The summed E-state index contributed by atoms with van der Waals surface area (Å²) in [7, 11) is 1.76. The van der Waals surface area contributed by atoms with E-state index in [9.17, 15) is 13.2 Å². The van der Waals surface area contributed by atoms with Gasteiger partial charge in [-0.25, -0.2) is 0 Å². The minimum Gasteiger partial charge on any atom is -0.297 e. The van der Waals surface area contributed by atoms with Crippen LogP contribution < -0.4 is 0 Å². The maximum Gasteiger partial charge on any atom is 0.389 e. The molecule has 1 aliphatic rings. The van der Waals surface area contributed by atoms with Crippen LogP contribution in [0.25, 0.3) is 0 Å². The van der Waals surface area contributed by atoms with Crippen LogP contribution in [0.2, 0.25) is 0 Å². The summed E-state index contributed by atoms with van der Waals surface area (Å²) in [6.07, 6.45) is -0.911. The van der Waals surface area contributed by atoms with Crippen molar-refractivity contribution < 1.29 is 13.2 Å². The van der Waals surface area contributed by atoms with E-state index < -0.39 is 12.6 Å². The van der Waals surface area contributed by atoms with Crippen LogP contribution in [0.15, 0.2) is 4.99 Å². The number of halogens is 3. The molecule has 0 amide bonds. The monoisotopic (exact) mass is 260 g/mol. The van der Waals surface area contributed by atoms with Crippen LogP contribution in [0, 0.1) is 23.2 Å². The Balaban J connectivity index is 2.36. The van der Waals surface area contributed by atoms with Gasteiger partial charge in [-0.2, -0.15) is 18.4 Å². The summed E-state index contributed by atoms with van der Waals surface area (Å²) in [4.78, 5) is 4.15. The number of alkyl halides is 3. The van der Waals surface area contributed by atoms with Crippen molar-refractivity contribution in [2.75, 3.05) is 7.05 Å². The third kappa shape index (κ3) is 5.07. The fourth-order valence-electron chi connectivity index (χ4n) is 2.53. The summed E-state index contributed by atoms with van der Waals surface area (Å²) in [6, 6.07) is 2.18. The molecule has 0 aliphatic heterocycles. The van der Waals surface area contributed by atoms with Crippen molar-refractivity contribution in [3.8, 4) is 6.07 Å². The lowest BCUT2D eigenvalue weighted by Gasteiger charge is -2.26. The van der Waals surface area contributed by atoms with Crippen molar-refractivity contribution >= 4 is 5.71 Å². The zero-order valence-electron chi connectivity index (χ0n) is 10.6. The van der Waals surface area contributed by atoms with Gasteiger partial charge in [-0.3, -0.25) is 4.99 Å². The Kier molecular flexibility index (Phi) is 5.64. The average Bonchev–Trinajstić information content (AvgIpc) is 2.34. The Morgan fingerprint density at radius 3 is 2.44 bits per heavy atom. The topological polar surface area (TPSA) is 36.1 Å². The fraction of sp³-hybridized carbons (Fsp3) is 0.846. The molecule has 0 aromatic rings. The standard InChI is InChI=1S/C13H19F3N2/c1-18-12-6-4-10(5-7-12)11(9-17)3-2-8-13(14,15)16/h10-11H,2-8H2,1H3. The molecule has 18 heavy (non-hydrogen) atoms. The number of hydrogen-bond acceptors (Lipinski definition) is 2. The van der Waals surface area contributed by atoms with Gasteiger partial charge < -0.3 is 0 Å². The molecule has 1 saturated carbocycles. The van der Waals surface area contributed by atoms with Crippen LogP contribution in [-0.4, -0.2) is 18.9 Å². The van der Waals surface area contributed by atoms with Gasteiger partial charge >= 0.3 is 6.18 Å². The van der Waals surface area contributed by atoms with E-state index in [1.165, 1.54) is 5.71 Å². The van der Waals surface area contributed by atoms with E-state index in [1.54, 1.807) is 7.05 Å². The molecule has 2 nitrogen and oxygen atoms in total. The maximum absolute atomic E-state index is 12.1. The van der Waals surface area contributed by atoms with Gasteiger partial charge in [-0.05, 0) is 44.4 Å². The molecule has 1 aliphatic carbocycles. The van der Waals surface area contributed by atoms with Gasteiger partial charge in [-0.1, -0.05) is 0 Å². The average molecular weight is 260 g/mol. The molecular formula is C13H19F3N2. The highest BCUT2D eigenvalue weighted by Gasteiger charge is 2.29. The molecule has 0 heterocycles. The number of hydrogen-bond donors (Lipinski definition) is 0. The molecule has 1 rings (SSSR count). The van der Waals surface area contributed by atoms with E-state index in [0.29, 0.717) is 6.42 Å². The van der Waals surface area contributed by atoms with Crippen molar-refractivity contribution in [3.05, 3.63) is 0 Å². The summed E-state index contributed by atoms with van der Waals surface area (Å²) in [5.41, 5.74) is 1.17. The second-order valence-electron chi connectivity index (χ2n) is 4.87. The first-order chi connectivity index (χ1) is 8.46. The van der Waals surface area contributed by atoms with Crippen molar-refractivity contribution in [1.82, 2.24) is 0 Å². The molecule has 1 atom stereocenters. The van der Waals surface area contributed by atoms with E-state index in [0.717, 1.165) is 25.7 Å². The number of rotatable bonds is 4. The van der Waals surface area contributed by atoms with Crippen LogP contribution in [0.5, 0.6) is 0 Å². The number of nitrogens with zero attached hydrogens (tertiary/aromatic N) is 2. The first kappa shape index (κ1) is 15.0. The summed E-state index contributed by atoms with van der Waals surface area (Å²) >= 11 is 0. The molecule has 0 aromatic carbocycles. The molecular weight excluding hydrogens is 241 g/mol. The van der Waals surface area contributed by atoms with Crippen molar-refractivity contribution in [3.63, 3.8) is 0 Å². The van der Waals surface area contributed by atoms with Gasteiger partial charge in [0.1, 0.15) is 0 Å². The molecule has 5 heteroatoms. The molecule has 1 unspecified atom stereocenters. The smallest absolute Gasteiger partial charge is 0.297 e. The predicted molar refractivity (Wildman–Crippen MR) is 64.3 cm³/mol. The third-order valence-corrected chi connectivity index (χ3v) is 3.63. The summed E-state index contributed by atoms with van der Waals surface area (Å²) in [5, 5.41) is 9.07. The SMILES string of the molecule is CN=C1CCC(C(C#N)CCCC(F)(F)F)CC1. The lowest BCUT2D eigenvalue weighted by atomic mass is 9.78. The third-order valence-electron chi connectivity index (χ3n) is 3.63. The second-order valence-corrected chi connectivity index (χ2v) is 4.87. The first-order valence-electron chi connectivity index (χ1n) is 6.37. The number of aliphatic imine (C=N–C) groups is 1. The van der Waals surface area contributed by atoms with E-state index >= 15 is 0 Å². The lowest BCUT2D eigenvalue weighted by molar-refractivity contribution is -0.136. The molecule has 0 aromatic heterocycles. The van der Waals surface area contributed by atoms with Crippen LogP contribution in [0.3, 0.4) is 0 Å². The zero-order chi connectivity index (χ0) is 13.6. The molecule has 0 radical (unpaired) electrons. The zero-order valence-corrected chi connectivity index (χ0v) is 10.6. The minimum absolute atomic E-state index is 0.0625. The van der Waals surface area contributed by atoms with Gasteiger partial charge in [0.05, 0.1) is 6.07 Å². The number of nitriles is 1. The molecule has 0 spiro atoms. The van der Waals surface area contributed by atoms with Gasteiger partial charge in [-0.15, -0.1) is 0 Å². The Hall–Kier alpha value is -1.05. The molecule has 1 fully saturated rings. The summed E-state index contributed by atoms with van der Waals surface area (Å²) < 4.78 is 36.2. The highest BCUT2D eigenvalue weighted by Crippen LogP contribution is 2.33. The van der Waals surface area contributed by atoms with E-state index in [2.05, 4.69) is 11.1 Å². The van der Waals surface area contributed by atoms with E-state index in [-0.39, 0.29) is 18.3 Å². The second kappa shape index (κ2) is 6.77. The molecule has 0 N–H and O–H groups in total. The van der Waals surface area contributed by atoms with Crippen molar-refractivity contribution in [2.24, 2.45) is 16.8 Å². The summed E-state index contributed by atoms with van der Waals surface area (Å²) in [6.45, 7) is 0. The van der Waals surface area contributed by atoms with E-state index in [1.807, 2.05) is 0 Å². The van der Waals surface area contributed by atoms with Gasteiger partial charge in [0, 0.05) is 25.1 Å². The largest absolute Gasteiger partial charge is 0.389 e. The van der Waals surface area contributed by atoms with Crippen LogP contribution in [0.1, 0.15) is 44.9 Å². The quantitative estimate of drug-likeness (QED) is 0.749.